The Kier molecular flexibility index (Phi) is 4.48. The molecular weight excluding hydrogens is 332 g/mol. The highest BCUT2D eigenvalue weighted by atomic mass is 35.5. The minimum absolute atomic E-state index is 0.0134. The summed E-state index contributed by atoms with van der Waals surface area (Å²) in [5.41, 5.74) is 1.29. The first-order valence-corrected chi connectivity index (χ1v) is 7.50. The van der Waals surface area contributed by atoms with Gasteiger partial charge in [0.25, 0.3) is 5.69 Å². The molecule has 0 amide bonds. The van der Waals surface area contributed by atoms with E-state index in [1.165, 1.54) is 6.07 Å². The highest BCUT2D eigenvalue weighted by molar-refractivity contribution is 6.30. The third-order valence-electron chi connectivity index (χ3n) is 3.47. The van der Waals surface area contributed by atoms with Gasteiger partial charge in [-0.1, -0.05) is 29.8 Å². The van der Waals surface area contributed by atoms with E-state index in [1.54, 1.807) is 37.4 Å². The Morgan fingerprint density at radius 1 is 1.29 bits per heavy atom. The van der Waals surface area contributed by atoms with E-state index in [0.29, 0.717) is 28.0 Å². The Morgan fingerprint density at radius 3 is 2.83 bits per heavy atom. The molecule has 7 heteroatoms. The fourth-order valence-electron chi connectivity index (χ4n) is 2.25. The normalized spacial score (nSPS) is 10.6. The van der Waals surface area contributed by atoms with Gasteiger partial charge in [0.2, 0.25) is 5.89 Å². The number of nitrogens with zero attached hydrogens (tertiary/aromatic N) is 2. The lowest BCUT2D eigenvalue weighted by Crippen LogP contribution is -1.99. The number of hydrogen-bond donors (Lipinski definition) is 0. The number of hydrogen-bond acceptors (Lipinski definition) is 5. The van der Waals surface area contributed by atoms with Crippen molar-refractivity contribution in [2.45, 2.75) is 13.5 Å². The lowest BCUT2D eigenvalue weighted by molar-refractivity contribution is -0.385. The number of benzene rings is 2. The van der Waals surface area contributed by atoms with Gasteiger partial charge < -0.3 is 9.15 Å². The number of rotatable bonds is 5. The second-order valence-corrected chi connectivity index (χ2v) is 5.51. The molecule has 122 valence electrons. The van der Waals surface area contributed by atoms with Crippen molar-refractivity contribution in [3.8, 4) is 17.1 Å². The van der Waals surface area contributed by atoms with E-state index in [4.69, 9.17) is 20.8 Å². The largest absolute Gasteiger partial charge is 0.483 e. The van der Waals surface area contributed by atoms with E-state index >= 15 is 0 Å². The summed E-state index contributed by atoms with van der Waals surface area (Å²) < 4.78 is 11.2. The van der Waals surface area contributed by atoms with Crippen LogP contribution in [0.15, 0.2) is 53.1 Å². The zero-order chi connectivity index (χ0) is 17.1. The Morgan fingerprint density at radius 2 is 2.08 bits per heavy atom. The van der Waals surface area contributed by atoms with Crippen LogP contribution in [0.1, 0.15) is 11.5 Å². The first-order chi connectivity index (χ1) is 11.5. The molecule has 3 aromatic rings. The molecule has 3 rings (SSSR count). The summed E-state index contributed by atoms with van der Waals surface area (Å²) in [6, 6.07) is 11.9. The van der Waals surface area contributed by atoms with Gasteiger partial charge in [-0.2, -0.15) is 0 Å². The van der Waals surface area contributed by atoms with Gasteiger partial charge in [0.05, 0.1) is 16.7 Å². The van der Waals surface area contributed by atoms with Crippen molar-refractivity contribution in [3.63, 3.8) is 0 Å². The molecular formula is C17H13ClN2O4. The summed E-state index contributed by atoms with van der Waals surface area (Å²) >= 11 is 5.96. The number of nitro groups is 1. The van der Waals surface area contributed by atoms with E-state index in [2.05, 4.69) is 4.98 Å². The molecule has 6 nitrogen and oxygen atoms in total. The summed E-state index contributed by atoms with van der Waals surface area (Å²) in [6.07, 6.45) is 1.59. The van der Waals surface area contributed by atoms with Crippen LogP contribution in [0.5, 0.6) is 5.75 Å². The first-order valence-electron chi connectivity index (χ1n) is 7.12. The molecule has 0 saturated heterocycles. The Hall–Kier alpha value is -2.86. The predicted molar refractivity (Wildman–Crippen MR) is 89.1 cm³/mol. The predicted octanol–water partition coefficient (Wildman–Crippen LogP) is 4.79. The highest BCUT2D eigenvalue weighted by Gasteiger charge is 2.15. The lowest BCUT2D eigenvalue weighted by Gasteiger charge is -2.07. The van der Waals surface area contributed by atoms with Gasteiger partial charge in [-0.05, 0) is 25.1 Å². The molecule has 24 heavy (non-hydrogen) atoms. The summed E-state index contributed by atoms with van der Waals surface area (Å²) in [7, 11) is 0. The van der Waals surface area contributed by atoms with Gasteiger partial charge in [0.1, 0.15) is 5.75 Å². The molecule has 0 saturated carbocycles. The van der Waals surface area contributed by atoms with Crippen molar-refractivity contribution < 1.29 is 14.1 Å². The van der Waals surface area contributed by atoms with Crippen LogP contribution < -0.4 is 4.74 Å². The number of nitro benzene ring substituents is 1. The molecule has 0 bridgehead atoms. The van der Waals surface area contributed by atoms with E-state index in [1.807, 2.05) is 12.1 Å². The quantitative estimate of drug-likeness (QED) is 0.491. The molecule has 0 aliphatic heterocycles. The molecule has 0 unspecified atom stereocenters. The summed E-state index contributed by atoms with van der Waals surface area (Å²) in [6.45, 7) is 1.71. The van der Waals surface area contributed by atoms with Crippen LogP contribution in [0.3, 0.4) is 0 Å². The average Bonchev–Trinajstić information content (AvgIpc) is 3.02. The summed E-state index contributed by atoms with van der Waals surface area (Å²) in [5.74, 6) is 1.37. The summed E-state index contributed by atoms with van der Waals surface area (Å²) in [5, 5.41) is 11.5. The van der Waals surface area contributed by atoms with E-state index in [9.17, 15) is 10.1 Å². The van der Waals surface area contributed by atoms with Crippen LogP contribution in [-0.2, 0) is 6.61 Å². The number of aromatic nitrogens is 1. The topological polar surface area (TPSA) is 78.4 Å². The number of oxazole rings is 1. The third kappa shape index (κ3) is 3.38. The maximum atomic E-state index is 10.9. The van der Waals surface area contributed by atoms with Crippen molar-refractivity contribution in [2.24, 2.45) is 0 Å². The number of halogens is 1. The molecule has 0 radical (unpaired) electrons. The van der Waals surface area contributed by atoms with Crippen molar-refractivity contribution in [1.82, 2.24) is 4.98 Å². The lowest BCUT2D eigenvalue weighted by atomic mass is 10.2. The third-order valence-corrected chi connectivity index (χ3v) is 3.70. The second-order valence-electron chi connectivity index (χ2n) is 5.07. The van der Waals surface area contributed by atoms with Crippen molar-refractivity contribution in [2.75, 3.05) is 0 Å². The Bertz CT molecular complexity index is 892. The van der Waals surface area contributed by atoms with Crippen LogP contribution in [0, 0.1) is 17.0 Å². The number of ether oxygens (including phenoxy) is 1. The molecule has 0 spiro atoms. The Balaban J connectivity index is 1.75. The Labute approximate surface area is 142 Å². The van der Waals surface area contributed by atoms with Gasteiger partial charge in [0, 0.05) is 16.7 Å². The van der Waals surface area contributed by atoms with Gasteiger partial charge in [-0.3, -0.25) is 10.1 Å². The van der Waals surface area contributed by atoms with Crippen LogP contribution in [0.4, 0.5) is 5.69 Å². The average molecular weight is 345 g/mol. The van der Waals surface area contributed by atoms with E-state index < -0.39 is 4.92 Å². The molecule has 0 N–H and O–H groups in total. The summed E-state index contributed by atoms with van der Waals surface area (Å²) in [4.78, 5) is 14.7. The zero-order valence-electron chi connectivity index (χ0n) is 12.7. The minimum Gasteiger partial charge on any atom is -0.483 e. The maximum absolute atomic E-state index is 10.9. The van der Waals surface area contributed by atoms with Crippen LogP contribution >= 0.6 is 11.6 Å². The SMILES string of the molecule is Cc1c(OCc2ncc(-c3cccc(Cl)c3)o2)cccc1[N+](=O)[O-]. The molecule has 0 atom stereocenters. The molecule has 0 aliphatic carbocycles. The minimum atomic E-state index is -0.440. The monoisotopic (exact) mass is 344 g/mol. The first kappa shape index (κ1) is 16.0. The van der Waals surface area contributed by atoms with Gasteiger partial charge in [0.15, 0.2) is 12.4 Å². The molecule has 1 aromatic heterocycles. The molecule has 0 aliphatic rings. The van der Waals surface area contributed by atoms with Gasteiger partial charge >= 0.3 is 0 Å². The zero-order valence-corrected chi connectivity index (χ0v) is 13.5. The molecule has 1 heterocycles. The van der Waals surface area contributed by atoms with Crippen LogP contribution in [0.25, 0.3) is 11.3 Å². The fourth-order valence-corrected chi connectivity index (χ4v) is 2.44. The van der Waals surface area contributed by atoms with Crippen LogP contribution in [-0.4, -0.2) is 9.91 Å². The smallest absolute Gasteiger partial charge is 0.276 e. The highest BCUT2D eigenvalue weighted by Crippen LogP contribution is 2.28. The van der Waals surface area contributed by atoms with E-state index in [-0.39, 0.29) is 12.3 Å². The second kappa shape index (κ2) is 6.72. The molecule has 0 fully saturated rings. The van der Waals surface area contributed by atoms with Crippen molar-refractivity contribution in [1.29, 1.82) is 0 Å². The van der Waals surface area contributed by atoms with Gasteiger partial charge in [-0.25, -0.2) is 4.98 Å². The molecule has 2 aromatic carbocycles. The van der Waals surface area contributed by atoms with Gasteiger partial charge in [-0.15, -0.1) is 0 Å². The maximum Gasteiger partial charge on any atom is 0.276 e. The van der Waals surface area contributed by atoms with Crippen molar-refractivity contribution in [3.05, 3.63) is 75.3 Å². The van der Waals surface area contributed by atoms with E-state index in [0.717, 1.165) is 5.56 Å². The van der Waals surface area contributed by atoms with Crippen molar-refractivity contribution >= 4 is 17.3 Å². The van der Waals surface area contributed by atoms with Crippen LogP contribution in [0.2, 0.25) is 5.02 Å². The standard InChI is InChI=1S/C17H13ClN2O4/c1-11-14(20(21)22)6-3-7-15(11)23-10-17-19-9-16(24-17)12-4-2-5-13(18)8-12/h2-9H,10H2,1H3. The fraction of sp³-hybridized carbons (Fsp3) is 0.118.